The number of piperidine rings is 1. The van der Waals surface area contributed by atoms with Crippen LogP contribution in [0.15, 0.2) is 49.1 Å². The van der Waals surface area contributed by atoms with E-state index in [1.807, 2.05) is 11.5 Å². The van der Waals surface area contributed by atoms with Gasteiger partial charge in [-0.2, -0.15) is 10.2 Å². The number of ether oxygens (including phenoxy) is 1. The fourth-order valence-electron chi connectivity index (χ4n) is 5.25. The van der Waals surface area contributed by atoms with Crippen molar-refractivity contribution in [3.8, 4) is 28.0 Å². The molecule has 0 bridgehead atoms. The lowest BCUT2D eigenvalue weighted by Gasteiger charge is -2.36. The van der Waals surface area contributed by atoms with E-state index in [1.54, 1.807) is 54.9 Å². The Morgan fingerprint density at radius 2 is 1.97 bits per heavy atom. The number of aryl methyl sites for hydroxylation is 1. The molecule has 6 rings (SSSR count). The molecule has 0 aliphatic carbocycles. The van der Waals surface area contributed by atoms with Gasteiger partial charge in [0.25, 0.3) is 5.92 Å². The SMILES string of the molecule is CCn1cnc2c(-c3ccc(F)c(-c4cc5cn(C6CCN(C)CC6(F)F)nc5cc4OC)c3)cnnc21. The summed E-state index contributed by atoms with van der Waals surface area (Å²) in [5.74, 6) is -2.97. The molecule has 1 fully saturated rings. The number of fused-ring (bicyclic) bond motifs is 2. The maximum absolute atomic E-state index is 15.3. The van der Waals surface area contributed by atoms with E-state index in [1.165, 1.54) is 17.9 Å². The van der Waals surface area contributed by atoms with Gasteiger partial charge < -0.3 is 14.2 Å². The molecule has 0 amide bonds. The number of imidazole rings is 1. The molecule has 0 radical (unpaired) electrons. The molecular formula is C27H26F3N7O. The summed E-state index contributed by atoms with van der Waals surface area (Å²) in [5, 5.41) is 13.4. The highest BCUT2D eigenvalue weighted by Gasteiger charge is 2.45. The Balaban J connectivity index is 1.46. The van der Waals surface area contributed by atoms with E-state index >= 15 is 4.39 Å². The smallest absolute Gasteiger partial charge is 0.282 e. The van der Waals surface area contributed by atoms with E-state index in [0.717, 1.165) is 5.56 Å². The van der Waals surface area contributed by atoms with Gasteiger partial charge in [-0.25, -0.2) is 18.2 Å². The zero-order valence-corrected chi connectivity index (χ0v) is 21.2. The molecule has 4 heterocycles. The summed E-state index contributed by atoms with van der Waals surface area (Å²) in [6.45, 7) is 2.91. The Hall–Kier alpha value is -3.99. The average molecular weight is 522 g/mol. The fraction of sp³-hybridized carbons (Fsp3) is 0.333. The summed E-state index contributed by atoms with van der Waals surface area (Å²) < 4.78 is 53.7. The number of likely N-dealkylation sites (tertiary alicyclic amines) is 1. The number of halogens is 3. The lowest BCUT2D eigenvalue weighted by molar-refractivity contribution is -0.101. The van der Waals surface area contributed by atoms with E-state index in [2.05, 4.69) is 20.3 Å². The van der Waals surface area contributed by atoms with Gasteiger partial charge in [-0.1, -0.05) is 6.07 Å². The average Bonchev–Trinajstić information content (AvgIpc) is 3.51. The summed E-state index contributed by atoms with van der Waals surface area (Å²) in [6.07, 6.45) is 5.20. The highest BCUT2D eigenvalue weighted by atomic mass is 19.3. The first kappa shape index (κ1) is 24.4. The van der Waals surface area contributed by atoms with Crippen LogP contribution >= 0.6 is 0 Å². The monoisotopic (exact) mass is 521 g/mol. The molecule has 1 unspecified atom stereocenters. The molecule has 0 spiro atoms. The molecule has 2 aromatic carbocycles. The Morgan fingerprint density at radius 1 is 1.13 bits per heavy atom. The van der Waals surface area contributed by atoms with Crippen LogP contribution in [0.3, 0.4) is 0 Å². The maximum Gasteiger partial charge on any atom is 0.282 e. The zero-order chi connectivity index (χ0) is 26.6. The zero-order valence-electron chi connectivity index (χ0n) is 21.2. The van der Waals surface area contributed by atoms with Gasteiger partial charge in [0.05, 0.1) is 31.7 Å². The van der Waals surface area contributed by atoms with E-state index < -0.39 is 17.8 Å². The first-order valence-corrected chi connectivity index (χ1v) is 12.4. The van der Waals surface area contributed by atoms with Crippen molar-refractivity contribution >= 4 is 22.1 Å². The standard InChI is InChI=1S/C27H26F3N7O/c1-4-36-15-31-25-20(12-32-33-26(25)36)16-5-6-21(28)18(9-16)19-10-17-13-37(34-22(17)11-23(19)38-3)24-7-8-35(2)14-27(24,29)30/h5-6,9-13,15,24H,4,7-8,14H2,1-3H3. The van der Waals surface area contributed by atoms with Crippen molar-refractivity contribution in [2.24, 2.45) is 0 Å². The second-order valence-electron chi connectivity index (χ2n) is 9.68. The highest BCUT2D eigenvalue weighted by molar-refractivity contribution is 5.92. The minimum absolute atomic E-state index is 0.278. The molecule has 11 heteroatoms. The van der Waals surface area contributed by atoms with E-state index in [4.69, 9.17) is 4.74 Å². The van der Waals surface area contributed by atoms with Crippen molar-refractivity contribution in [3.63, 3.8) is 0 Å². The van der Waals surface area contributed by atoms with E-state index in [0.29, 0.717) is 57.6 Å². The summed E-state index contributed by atoms with van der Waals surface area (Å²) >= 11 is 0. The van der Waals surface area contributed by atoms with Gasteiger partial charge in [0, 0.05) is 47.4 Å². The number of hydrogen-bond acceptors (Lipinski definition) is 6. The van der Waals surface area contributed by atoms with Crippen molar-refractivity contribution in [3.05, 3.63) is 54.9 Å². The lowest BCUT2D eigenvalue weighted by Crippen LogP contribution is -2.47. The first-order chi connectivity index (χ1) is 18.3. The molecule has 5 aromatic rings. The molecule has 196 valence electrons. The van der Waals surface area contributed by atoms with Gasteiger partial charge in [0.2, 0.25) is 0 Å². The Morgan fingerprint density at radius 3 is 2.74 bits per heavy atom. The van der Waals surface area contributed by atoms with Crippen molar-refractivity contribution in [1.29, 1.82) is 0 Å². The molecule has 8 nitrogen and oxygen atoms in total. The third-order valence-corrected chi connectivity index (χ3v) is 7.23. The summed E-state index contributed by atoms with van der Waals surface area (Å²) in [5.41, 5.74) is 4.05. The number of alkyl halides is 2. The first-order valence-electron chi connectivity index (χ1n) is 12.4. The maximum atomic E-state index is 15.3. The summed E-state index contributed by atoms with van der Waals surface area (Å²) in [6, 6.07) is 7.13. The number of nitrogens with zero attached hydrogens (tertiary/aromatic N) is 7. The predicted octanol–water partition coefficient (Wildman–Crippen LogP) is 5.19. The van der Waals surface area contributed by atoms with Crippen LogP contribution in [-0.2, 0) is 6.54 Å². The minimum atomic E-state index is -2.92. The van der Waals surface area contributed by atoms with Crippen LogP contribution in [0.5, 0.6) is 5.75 Å². The minimum Gasteiger partial charge on any atom is -0.496 e. The van der Waals surface area contributed by atoms with Crippen LogP contribution in [-0.4, -0.2) is 67.6 Å². The van der Waals surface area contributed by atoms with Crippen molar-refractivity contribution in [2.45, 2.75) is 31.9 Å². The van der Waals surface area contributed by atoms with Crippen LogP contribution in [0.1, 0.15) is 19.4 Å². The van der Waals surface area contributed by atoms with Gasteiger partial charge in [0.1, 0.15) is 23.1 Å². The second-order valence-corrected chi connectivity index (χ2v) is 9.68. The molecule has 0 N–H and O–H groups in total. The van der Waals surface area contributed by atoms with Gasteiger partial charge >= 0.3 is 0 Å². The Kier molecular flexibility index (Phi) is 5.82. The van der Waals surface area contributed by atoms with E-state index in [-0.39, 0.29) is 13.0 Å². The summed E-state index contributed by atoms with van der Waals surface area (Å²) in [7, 11) is 3.17. The van der Waals surface area contributed by atoms with Crippen molar-refractivity contribution in [2.75, 3.05) is 27.2 Å². The molecule has 1 aliphatic rings. The van der Waals surface area contributed by atoms with Gasteiger partial charge in [0.15, 0.2) is 5.65 Å². The number of methoxy groups -OCH3 is 1. The van der Waals surface area contributed by atoms with Crippen molar-refractivity contribution in [1.82, 2.24) is 34.4 Å². The van der Waals surface area contributed by atoms with Crippen LogP contribution < -0.4 is 4.74 Å². The third-order valence-electron chi connectivity index (χ3n) is 7.23. The molecule has 3 aromatic heterocycles. The quantitative estimate of drug-likeness (QED) is 0.317. The number of benzene rings is 2. The summed E-state index contributed by atoms with van der Waals surface area (Å²) in [4.78, 5) is 6.12. The van der Waals surface area contributed by atoms with Crippen LogP contribution in [0.2, 0.25) is 0 Å². The Labute approximate surface area is 216 Å². The topological polar surface area (TPSA) is 73.9 Å². The fourth-order valence-corrected chi connectivity index (χ4v) is 5.25. The highest BCUT2D eigenvalue weighted by Crippen LogP contribution is 2.40. The number of hydrogen-bond donors (Lipinski definition) is 0. The predicted molar refractivity (Wildman–Crippen MR) is 138 cm³/mol. The third kappa shape index (κ3) is 3.97. The van der Waals surface area contributed by atoms with Crippen LogP contribution in [0, 0.1) is 5.82 Å². The molecule has 1 atom stereocenters. The molecular weight excluding hydrogens is 495 g/mol. The molecule has 0 saturated carbocycles. The van der Waals surface area contributed by atoms with Crippen LogP contribution in [0.4, 0.5) is 13.2 Å². The number of rotatable bonds is 5. The Bertz CT molecular complexity index is 1660. The van der Waals surface area contributed by atoms with E-state index in [9.17, 15) is 8.78 Å². The largest absolute Gasteiger partial charge is 0.496 e. The van der Waals surface area contributed by atoms with Gasteiger partial charge in [-0.3, -0.25) is 4.68 Å². The molecule has 1 aliphatic heterocycles. The lowest BCUT2D eigenvalue weighted by atomic mass is 9.97. The van der Waals surface area contributed by atoms with Crippen LogP contribution in [0.25, 0.3) is 44.3 Å². The second kappa shape index (κ2) is 9.09. The van der Waals surface area contributed by atoms with Gasteiger partial charge in [-0.15, -0.1) is 5.10 Å². The molecule has 1 saturated heterocycles. The van der Waals surface area contributed by atoms with Gasteiger partial charge in [-0.05, 0) is 44.2 Å². The van der Waals surface area contributed by atoms with Crippen molar-refractivity contribution < 1.29 is 17.9 Å². The molecule has 38 heavy (non-hydrogen) atoms. The normalized spacial score (nSPS) is 17.9. The number of aromatic nitrogens is 6.